The van der Waals surface area contributed by atoms with Crippen molar-refractivity contribution in [2.75, 3.05) is 70.0 Å². The van der Waals surface area contributed by atoms with Gasteiger partial charge in [-0.15, -0.1) is 0 Å². The predicted octanol–water partition coefficient (Wildman–Crippen LogP) is 8.50. The van der Waals surface area contributed by atoms with Gasteiger partial charge in [-0.1, -0.05) is 30.9 Å². The number of rotatable bonds is 15. The highest BCUT2D eigenvalue weighted by molar-refractivity contribution is 14.1. The lowest BCUT2D eigenvalue weighted by Gasteiger charge is -2.23. The first-order chi connectivity index (χ1) is 39.1. The number of carbonyl (C=O) groups is 10. The molecule has 2 heterocycles. The molecular weight excluding hydrogens is 1210 g/mol. The monoisotopic (exact) mass is 1270 g/mol. The average molecular weight is 1270 g/mol. The highest BCUT2D eigenvalue weighted by Gasteiger charge is 2.23. The number of methoxy groups -OCH3 is 8. The zero-order valence-corrected chi connectivity index (χ0v) is 49.2. The van der Waals surface area contributed by atoms with E-state index in [4.69, 9.17) is 45.5 Å². The molecule has 4 aromatic rings. The smallest absolute Gasteiger partial charge is 0.341 e. The fourth-order valence-electron chi connectivity index (χ4n) is 6.60. The van der Waals surface area contributed by atoms with Crippen LogP contribution in [0.4, 0.5) is 0 Å². The normalized spacial score (nSPS) is 12.1. The number of piperidine rings is 2. The van der Waals surface area contributed by atoms with Crippen LogP contribution in [0.25, 0.3) is 18.2 Å². The summed E-state index contributed by atoms with van der Waals surface area (Å²) in [5, 5.41) is 18.3. The quantitative estimate of drug-likeness (QED) is 0.0330. The van der Waals surface area contributed by atoms with Gasteiger partial charge in [-0.05, 0) is 149 Å². The average Bonchev–Trinajstić information content (AvgIpc) is 3.51. The zero-order chi connectivity index (χ0) is 61.7. The number of nitrogens with one attached hydrogen (secondary N) is 1. The molecule has 2 aliphatic heterocycles. The Hall–Kier alpha value is -8.84. The molecule has 0 bridgehead atoms. The summed E-state index contributed by atoms with van der Waals surface area (Å²) in [6.07, 6.45) is 13.9. The first kappa shape index (κ1) is 71.2. The molecule has 2 fully saturated rings. The first-order valence-electron chi connectivity index (χ1n) is 24.2. The van der Waals surface area contributed by atoms with Crippen LogP contribution in [0.15, 0.2) is 104 Å². The second kappa shape index (κ2) is 39.5. The molecule has 4 aromatic carbocycles. The van der Waals surface area contributed by atoms with Crippen molar-refractivity contribution < 1.29 is 96.1 Å². The van der Waals surface area contributed by atoms with Crippen molar-refractivity contribution in [2.45, 2.75) is 38.5 Å². The van der Waals surface area contributed by atoms with Crippen molar-refractivity contribution in [1.29, 1.82) is 0 Å². The Kier molecular flexibility index (Phi) is 34.3. The van der Waals surface area contributed by atoms with E-state index in [0.29, 0.717) is 63.8 Å². The summed E-state index contributed by atoms with van der Waals surface area (Å²) >= 11 is 7.30. The largest absolute Gasteiger partial charge is 0.496 e. The molecule has 0 saturated carbocycles. The summed E-state index contributed by atoms with van der Waals surface area (Å²) < 4.78 is 39.7. The number of aliphatic carboxylic acids is 2. The van der Waals surface area contributed by atoms with Gasteiger partial charge in [-0.2, -0.15) is 0 Å². The van der Waals surface area contributed by atoms with Crippen molar-refractivity contribution in [1.82, 2.24) is 10.2 Å². The molecule has 2 aliphatic rings. The number of benzene rings is 4. The molecule has 0 atom stereocenters. The Labute approximate surface area is 492 Å². The van der Waals surface area contributed by atoms with Gasteiger partial charge in [-0.25, -0.2) is 28.8 Å². The Morgan fingerprint density at radius 2 is 0.915 bits per heavy atom. The van der Waals surface area contributed by atoms with E-state index in [1.165, 1.54) is 92.1 Å². The molecule has 22 nitrogen and oxygen atoms in total. The van der Waals surface area contributed by atoms with E-state index in [-0.39, 0.29) is 34.8 Å². The highest BCUT2D eigenvalue weighted by atomic mass is 127. The minimum atomic E-state index is -1.06. The van der Waals surface area contributed by atoms with E-state index < -0.39 is 35.1 Å². The van der Waals surface area contributed by atoms with Gasteiger partial charge in [0.25, 0.3) is 5.91 Å². The van der Waals surface area contributed by atoms with Gasteiger partial charge in [0.05, 0.1) is 56.9 Å². The molecule has 3 N–H and O–H groups in total. The minimum Gasteiger partial charge on any atom is -0.496 e. The number of nitrogens with zero attached hydrogens (tertiary/aromatic N) is 1. The molecule has 0 unspecified atom stereocenters. The minimum absolute atomic E-state index is 0.143. The van der Waals surface area contributed by atoms with E-state index in [2.05, 4.69) is 48.7 Å². The number of imide groups is 1. The molecular formula is C58H64ClIN2O20. The molecule has 6 rings (SSSR count). The third-order valence-corrected chi connectivity index (χ3v) is 11.4. The Balaban J connectivity index is 0.000000518. The van der Waals surface area contributed by atoms with Gasteiger partial charge < -0.3 is 53.4 Å². The fraction of sp³-hybridized carbons (Fsp3) is 0.276. The Bertz CT molecular complexity index is 2880. The standard InChI is InChI=1S/C17H19NO5.C12H11ClO4.C12H12O5.C9H9IO3.C5H9NO.C3H4O2/c1-22-14-8-6-12(11-13(14)17(21)23-2)7-9-16(20)18-10-4-3-5-15(18)19;2*1-16-10-5-3-8(4-6-11(13)14)7-9(10)12(15)17-2;1-12-8-4-3-6(10)5-7(8)9(11)13-2;7-5-3-1-2-4-6-5;1-2-3(4)5/h6-9,11H,3-5,10H2,1-2H3;3-7H,1-2H3;3-7H,1-2H3,(H,13,14);3-5H,1-2H3;1-4H2,(H,6,7);2H,1H2,(H,4,5)/b9-7+;2*6-4+;;;. The number of likely N-dealkylation sites (tertiary alicyclic amines) is 1. The second-order valence-electron chi connectivity index (χ2n) is 16.0. The van der Waals surface area contributed by atoms with Gasteiger partial charge >= 0.3 is 35.8 Å². The number of hydrogen-bond acceptors (Lipinski definition) is 18. The Morgan fingerprint density at radius 1 is 0.537 bits per heavy atom. The lowest BCUT2D eigenvalue weighted by molar-refractivity contribution is -0.144. The number of carboxylic acid groups (broad SMARTS) is 2. The molecule has 0 aliphatic carbocycles. The molecule has 0 radical (unpaired) electrons. The number of carbonyl (C=O) groups excluding carboxylic acids is 8. The van der Waals surface area contributed by atoms with E-state index in [0.717, 1.165) is 54.4 Å². The van der Waals surface area contributed by atoms with Crippen LogP contribution in [0.3, 0.4) is 0 Å². The summed E-state index contributed by atoms with van der Waals surface area (Å²) in [6.45, 7) is 4.30. The van der Waals surface area contributed by atoms with Crippen LogP contribution in [0.1, 0.15) is 96.6 Å². The Morgan fingerprint density at radius 3 is 1.23 bits per heavy atom. The van der Waals surface area contributed by atoms with Crippen LogP contribution in [0.2, 0.25) is 0 Å². The van der Waals surface area contributed by atoms with Crippen molar-refractivity contribution in [3.63, 3.8) is 0 Å². The maximum atomic E-state index is 12.1. The molecule has 3 amide bonds. The third kappa shape index (κ3) is 26.4. The number of hydrogen-bond donors (Lipinski definition) is 3. The highest BCUT2D eigenvalue weighted by Crippen LogP contribution is 2.25. The second-order valence-corrected chi connectivity index (χ2v) is 17.6. The summed E-state index contributed by atoms with van der Waals surface area (Å²) in [7, 11) is 11.1. The van der Waals surface area contributed by atoms with Crippen molar-refractivity contribution in [3.8, 4) is 23.0 Å². The maximum absolute atomic E-state index is 12.1. The first-order valence-corrected chi connectivity index (χ1v) is 25.7. The summed E-state index contributed by atoms with van der Waals surface area (Å²) in [4.78, 5) is 111. The van der Waals surface area contributed by atoms with Crippen LogP contribution < -0.4 is 24.3 Å². The lowest BCUT2D eigenvalue weighted by atomic mass is 10.1. The zero-order valence-electron chi connectivity index (χ0n) is 46.3. The number of allylic oxidation sites excluding steroid dienone is 1. The third-order valence-electron chi connectivity index (χ3n) is 10.6. The van der Waals surface area contributed by atoms with Crippen molar-refractivity contribution in [3.05, 3.63) is 146 Å². The van der Waals surface area contributed by atoms with Crippen molar-refractivity contribution >= 4 is 111 Å². The van der Waals surface area contributed by atoms with Gasteiger partial charge in [0.1, 0.15) is 45.3 Å². The van der Waals surface area contributed by atoms with Crippen LogP contribution in [-0.4, -0.2) is 144 Å². The van der Waals surface area contributed by atoms with Crippen LogP contribution >= 0.6 is 34.2 Å². The molecule has 82 heavy (non-hydrogen) atoms. The molecule has 440 valence electrons. The number of ether oxygens (including phenoxy) is 8. The summed E-state index contributed by atoms with van der Waals surface area (Å²) in [5.74, 6) is -2.53. The van der Waals surface area contributed by atoms with Gasteiger partial charge in [0.15, 0.2) is 0 Å². The van der Waals surface area contributed by atoms with Crippen LogP contribution in [0, 0.1) is 3.57 Å². The number of esters is 4. The number of halogens is 2. The van der Waals surface area contributed by atoms with Gasteiger partial charge in [0, 0.05) is 47.7 Å². The van der Waals surface area contributed by atoms with Crippen LogP contribution in [-0.2, 0) is 47.7 Å². The molecule has 0 spiro atoms. The topological polar surface area (TPSA) is 300 Å². The SMILES string of the molecule is C=CC(=O)O.COC(=O)c1cc(/C=C/C(=O)Cl)ccc1OC.COC(=O)c1cc(/C=C/C(=O)N2CCCCC2=O)ccc1OC.COC(=O)c1cc(/C=C/C(=O)O)ccc1OC.COC(=O)c1cc(I)ccc1OC.O=C1CCCCN1. The number of amides is 3. The fourth-order valence-corrected chi connectivity index (χ4v) is 7.15. The maximum Gasteiger partial charge on any atom is 0.341 e. The van der Waals surface area contributed by atoms with Gasteiger partial charge in [-0.3, -0.25) is 24.1 Å². The van der Waals surface area contributed by atoms with Crippen LogP contribution in [0.5, 0.6) is 23.0 Å². The van der Waals surface area contributed by atoms with E-state index >= 15 is 0 Å². The molecule has 0 aromatic heterocycles. The van der Waals surface area contributed by atoms with Crippen molar-refractivity contribution in [2.24, 2.45) is 0 Å². The summed E-state index contributed by atoms with van der Waals surface area (Å²) in [6, 6.07) is 19.9. The number of carboxylic acids is 2. The lowest BCUT2D eigenvalue weighted by Crippen LogP contribution is -2.39. The van der Waals surface area contributed by atoms with E-state index in [1.807, 2.05) is 6.07 Å². The predicted molar refractivity (Wildman–Crippen MR) is 311 cm³/mol. The van der Waals surface area contributed by atoms with E-state index in [9.17, 15) is 47.9 Å². The van der Waals surface area contributed by atoms with Gasteiger partial charge in [0.2, 0.25) is 17.1 Å². The molecule has 24 heteroatoms. The van der Waals surface area contributed by atoms with E-state index in [1.54, 1.807) is 66.7 Å². The summed E-state index contributed by atoms with van der Waals surface area (Å²) in [5.41, 5.74) is 3.15. The molecule has 2 saturated heterocycles.